The molecule has 2 aliphatic carbocycles. The third kappa shape index (κ3) is 8.40. The third-order valence-electron chi connectivity index (χ3n) is 9.48. The van der Waals surface area contributed by atoms with Crippen LogP contribution in [0.4, 0.5) is 0 Å². The zero-order chi connectivity index (χ0) is 31.3. The Morgan fingerprint density at radius 3 is 1.22 bits per heavy atom. The predicted molar refractivity (Wildman–Crippen MR) is 195 cm³/mol. The van der Waals surface area contributed by atoms with Crippen molar-refractivity contribution < 1.29 is 51.0 Å². The molecule has 0 radical (unpaired) electrons. The van der Waals surface area contributed by atoms with E-state index in [1.807, 2.05) is 0 Å². The van der Waals surface area contributed by atoms with Gasteiger partial charge in [0.1, 0.15) is 0 Å². The van der Waals surface area contributed by atoms with Crippen molar-refractivity contribution in [3.8, 4) is 44.5 Å². The third-order valence-corrected chi connectivity index (χ3v) is 9.48. The fourth-order valence-corrected chi connectivity index (χ4v) is 7.20. The van der Waals surface area contributed by atoms with Crippen LogP contribution >= 0.6 is 0 Å². The monoisotopic (exact) mass is 754 g/mol. The summed E-state index contributed by atoms with van der Waals surface area (Å²) in [6, 6.07) is 51.4. The van der Waals surface area contributed by atoms with E-state index in [4.69, 9.17) is 0 Å². The van der Waals surface area contributed by atoms with E-state index in [1.54, 1.807) is 0 Å². The Morgan fingerprint density at radius 2 is 0.837 bits per heavy atom. The van der Waals surface area contributed by atoms with Crippen LogP contribution in [0.1, 0.15) is 72.9 Å². The van der Waals surface area contributed by atoms with Gasteiger partial charge in [0.2, 0.25) is 0 Å². The smallest absolute Gasteiger partial charge is 1.00 e. The molecule has 6 aromatic rings. The van der Waals surface area contributed by atoms with Gasteiger partial charge in [0.15, 0.2) is 0 Å². The molecule has 0 aromatic heterocycles. The van der Waals surface area contributed by atoms with Gasteiger partial charge >= 0.3 is 26.2 Å². The number of fused-ring (bicyclic) bond motifs is 6. The van der Waals surface area contributed by atoms with Gasteiger partial charge < -0.3 is 24.8 Å². The molecule has 0 fully saturated rings. The maximum atomic E-state index is 3.72. The largest absolute Gasteiger partial charge is 4.00 e. The van der Waals surface area contributed by atoms with Gasteiger partial charge in [-0.15, -0.1) is 33.4 Å². The SMILES string of the molecule is CCCCc1[c-]c2c(c(-c3ccccc3)c1)-c1ccccc1C2.CCCCc1[c-]c2c(c(-c3ccccc3)c1)-c1ccccc1C2.[Cl-].[Cl-].[Zr+4]. The van der Waals surface area contributed by atoms with Gasteiger partial charge in [-0.05, 0) is 24.0 Å². The van der Waals surface area contributed by atoms with Gasteiger partial charge in [0, 0.05) is 0 Å². The van der Waals surface area contributed by atoms with E-state index >= 15 is 0 Å². The van der Waals surface area contributed by atoms with Crippen LogP contribution in [0.25, 0.3) is 44.5 Å². The minimum atomic E-state index is 0. The molecule has 0 saturated heterocycles. The van der Waals surface area contributed by atoms with E-state index in [0.29, 0.717) is 0 Å². The average molecular weight is 757 g/mol. The number of rotatable bonds is 8. The van der Waals surface area contributed by atoms with Crippen LogP contribution in [0.3, 0.4) is 0 Å². The summed E-state index contributed by atoms with van der Waals surface area (Å²) in [6.45, 7) is 4.50. The first-order valence-electron chi connectivity index (χ1n) is 17.2. The first kappa shape index (κ1) is 38.6. The standard InChI is InChI=1S/2C23H21.2ClH.Zr/c2*1-2-3-9-17-14-20-16-19-12-7-8-13-21(19)23(20)22(15-17)18-10-5-4-6-11-18;;;/h2*4-8,10-13,15H,2-3,9,16H2,1H3;2*1H;/q2*-1;;;+4/p-2. The van der Waals surface area contributed by atoms with E-state index in [0.717, 1.165) is 25.7 Å². The fourth-order valence-electron chi connectivity index (χ4n) is 7.20. The Balaban J connectivity index is 0.000000208. The Morgan fingerprint density at radius 1 is 0.469 bits per heavy atom. The summed E-state index contributed by atoms with van der Waals surface area (Å²) in [4.78, 5) is 0. The first-order chi connectivity index (χ1) is 22.7. The van der Waals surface area contributed by atoms with Crippen LogP contribution in [0.15, 0.2) is 121 Å². The zero-order valence-electron chi connectivity index (χ0n) is 28.5. The number of benzene rings is 6. The normalized spacial score (nSPS) is 11.3. The number of aryl methyl sites for hydroxylation is 2. The second kappa shape index (κ2) is 18.1. The van der Waals surface area contributed by atoms with E-state index in [1.165, 1.54) is 104 Å². The summed E-state index contributed by atoms with van der Waals surface area (Å²) in [5, 5.41) is 0. The second-order valence-corrected chi connectivity index (χ2v) is 12.7. The van der Waals surface area contributed by atoms with Crippen LogP contribution in [0, 0.1) is 12.1 Å². The molecule has 0 atom stereocenters. The van der Waals surface area contributed by atoms with E-state index < -0.39 is 0 Å². The molecule has 49 heavy (non-hydrogen) atoms. The van der Waals surface area contributed by atoms with Crippen LogP contribution in [-0.2, 0) is 51.9 Å². The summed E-state index contributed by atoms with van der Waals surface area (Å²) in [7, 11) is 0. The van der Waals surface area contributed by atoms with Crippen molar-refractivity contribution in [3.05, 3.63) is 167 Å². The maximum Gasteiger partial charge on any atom is 4.00 e. The molecule has 0 bridgehead atoms. The Bertz CT molecular complexity index is 1820. The summed E-state index contributed by atoms with van der Waals surface area (Å²) in [5.74, 6) is 0. The van der Waals surface area contributed by atoms with Gasteiger partial charge in [-0.3, -0.25) is 0 Å². The summed E-state index contributed by atoms with van der Waals surface area (Å²) >= 11 is 0. The second-order valence-electron chi connectivity index (χ2n) is 12.7. The molecule has 0 heterocycles. The van der Waals surface area contributed by atoms with E-state index in [9.17, 15) is 0 Å². The van der Waals surface area contributed by atoms with Crippen molar-refractivity contribution in [3.63, 3.8) is 0 Å². The molecule has 6 aromatic carbocycles. The van der Waals surface area contributed by atoms with Crippen molar-refractivity contribution in [2.75, 3.05) is 0 Å². The van der Waals surface area contributed by atoms with Crippen molar-refractivity contribution in [1.82, 2.24) is 0 Å². The molecule has 0 saturated carbocycles. The fraction of sp³-hybridized carbons (Fsp3) is 0.217. The number of hydrogen-bond acceptors (Lipinski definition) is 0. The topological polar surface area (TPSA) is 0 Å². The Hall–Kier alpha value is -3.22. The minimum Gasteiger partial charge on any atom is -1.00 e. The van der Waals surface area contributed by atoms with Gasteiger partial charge in [-0.2, -0.15) is 35.4 Å². The van der Waals surface area contributed by atoms with Crippen LogP contribution < -0.4 is 24.8 Å². The summed E-state index contributed by atoms with van der Waals surface area (Å²) in [5.41, 5.74) is 19.3. The number of unbranched alkanes of at least 4 members (excludes halogenated alkanes) is 2. The van der Waals surface area contributed by atoms with E-state index in [2.05, 4.69) is 147 Å². The van der Waals surface area contributed by atoms with Crippen LogP contribution in [0.5, 0.6) is 0 Å². The van der Waals surface area contributed by atoms with Crippen molar-refractivity contribution >= 4 is 0 Å². The molecule has 0 unspecified atom stereocenters. The molecule has 244 valence electrons. The van der Waals surface area contributed by atoms with E-state index in [-0.39, 0.29) is 51.0 Å². The molecule has 3 heteroatoms. The molecule has 2 aliphatic rings. The van der Waals surface area contributed by atoms with Crippen molar-refractivity contribution in [2.45, 2.75) is 65.2 Å². The molecule has 0 spiro atoms. The minimum absolute atomic E-state index is 0. The molecule has 0 amide bonds. The first-order valence-corrected chi connectivity index (χ1v) is 17.2. The van der Waals surface area contributed by atoms with Gasteiger partial charge in [-0.1, -0.05) is 184 Å². The number of halogens is 2. The summed E-state index contributed by atoms with van der Waals surface area (Å²) < 4.78 is 0. The van der Waals surface area contributed by atoms with Crippen molar-refractivity contribution in [1.29, 1.82) is 0 Å². The molecule has 0 N–H and O–H groups in total. The number of hydrogen-bond donors (Lipinski definition) is 0. The molecular weight excluding hydrogens is 715 g/mol. The predicted octanol–water partition coefficient (Wildman–Crippen LogP) is 6.14. The van der Waals surface area contributed by atoms with Gasteiger partial charge in [0.05, 0.1) is 0 Å². The average Bonchev–Trinajstić information content (AvgIpc) is 3.68. The van der Waals surface area contributed by atoms with Gasteiger partial charge in [-0.25, -0.2) is 0 Å². The molecule has 8 rings (SSSR count). The quantitative estimate of drug-likeness (QED) is 0.164. The molecule has 0 aliphatic heterocycles. The molecule has 0 nitrogen and oxygen atoms in total. The van der Waals surface area contributed by atoms with Crippen LogP contribution in [0.2, 0.25) is 0 Å². The Kier molecular flexibility index (Phi) is 14.3. The van der Waals surface area contributed by atoms with Crippen LogP contribution in [-0.4, -0.2) is 0 Å². The zero-order valence-corrected chi connectivity index (χ0v) is 32.4. The summed E-state index contributed by atoms with van der Waals surface area (Å²) in [6.07, 6.45) is 9.21. The Labute approximate surface area is 325 Å². The van der Waals surface area contributed by atoms with Crippen molar-refractivity contribution in [2.24, 2.45) is 0 Å². The molecular formula is C46H42Cl2Zr. The van der Waals surface area contributed by atoms with Gasteiger partial charge in [0.25, 0.3) is 0 Å². The maximum absolute atomic E-state index is 3.72.